The summed E-state index contributed by atoms with van der Waals surface area (Å²) < 4.78 is 0. The van der Waals surface area contributed by atoms with E-state index in [1.54, 1.807) is 11.8 Å². The van der Waals surface area contributed by atoms with Crippen LogP contribution in [0.15, 0.2) is 46.7 Å². The molecule has 0 bridgehead atoms. The Morgan fingerprint density at radius 2 is 1.74 bits per heavy atom. The highest BCUT2D eigenvalue weighted by Gasteiger charge is 2.01. The average molecular weight is 273 g/mol. The minimum absolute atomic E-state index is 0.509. The third kappa shape index (κ3) is 4.65. The lowest BCUT2D eigenvalue weighted by Gasteiger charge is -2.08. The van der Waals surface area contributed by atoms with Crippen molar-refractivity contribution in [2.75, 3.05) is 0 Å². The van der Waals surface area contributed by atoms with Gasteiger partial charge in [0.1, 0.15) is 0 Å². The molecule has 1 aromatic heterocycles. The van der Waals surface area contributed by atoms with E-state index in [9.17, 15) is 0 Å². The Bertz CT molecular complexity index is 506. The van der Waals surface area contributed by atoms with E-state index in [1.807, 2.05) is 19.3 Å². The van der Waals surface area contributed by atoms with Crippen LogP contribution in [0.5, 0.6) is 0 Å². The van der Waals surface area contributed by atoms with Crippen molar-refractivity contribution in [1.82, 2.24) is 15.3 Å². The number of hydrogen-bond donors (Lipinski definition) is 1. The number of aryl methyl sites for hydroxylation is 1. The Labute approximate surface area is 118 Å². The standard InChI is InChI=1S/C15H19N3S/c1-11(2)16-10-13-4-6-14(7-5-13)19-15-17-8-12(3)9-18-15/h4-9,11,16H,10H2,1-3H3. The van der Waals surface area contributed by atoms with Crippen molar-refractivity contribution >= 4 is 11.8 Å². The van der Waals surface area contributed by atoms with Crippen molar-refractivity contribution in [3.8, 4) is 0 Å². The smallest absolute Gasteiger partial charge is 0.192 e. The maximum absolute atomic E-state index is 4.30. The summed E-state index contributed by atoms with van der Waals surface area (Å²) in [6.45, 7) is 7.20. The number of aromatic nitrogens is 2. The summed E-state index contributed by atoms with van der Waals surface area (Å²) in [5.41, 5.74) is 2.38. The SMILES string of the molecule is Cc1cnc(Sc2ccc(CNC(C)C)cc2)nc1. The Kier molecular flexibility index (Phi) is 4.93. The molecule has 4 heteroatoms. The highest BCUT2D eigenvalue weighted by molar-refractivity contribution is 7.99. The number of rotatable bonds is 5. The van der Waals surface area contributed by atoms with Gasteiger partial charge in [0.25, 0.3) is 0 Å². The molecule has 1 aromatic carbocycles. The molecule has 2 aromatic rings. The first-order chi connectivity index (χ1) is 9.13. The van der Waals surface area contributed by atoms with Crippen molar-refractivity contribution in [2.45, 2.75) is 43.4 Å². The molecule has 0 aliphatic rings. The predicted molar refractivity (Wildman–Crippen MR) is 79.3 cm³/mol. The molecule has 0 unspecified atom stereocenters. The van der Waals surface area contributed by atoms with Crippen molar-refractivity contribution in [2.24, 2.45) is 0 Å². The molecule has 19 heavy (non-hydrogen) atoms. The molecule has 3 nitrogen and oxygen atoms in total. The van der Waals surface area contributed by atoms with Gasteiger partial charge in [0.05, 0.1) is 0 Å². The summed E-state index contributed by atoms with van der Waals surface area (Å²) in [7, 11) is 0. The van der Waals surface area contributed by atoms with E-state index < -0.39 is 0 Å². The van der Waals surface area contributed by atoms with E-state index >= 15 is 0 Å². The van der Waals surface area contributed by atoms with Crippen LogP contribution in [0.25, 0.3) is 0 Å². The van der Waals surface area contributed by atoms with Crippen LogP contribution in [-0.4, -0.2) is 16.0 Å². The Hall–Kier alpha value is -1.39. The van der Waals surface area contributed by atoms with Gasteiger partial charge in [-0.05, 0) is 41.9 Å². The maximum Gasteiger partial charge on any atom is 0.192 e. The van der Waals surface area contributed by atoms with Crippen LogP contribution in [0.3, 0.4) is 0 Å². The first-order valence-electron chi connectivity index (χ1n) is 6.42. The van der Waals surface area contributed by atoms with E-state index in [2.05, 4.69) is 53.4 Å². The molecule has 0 aliphatic heterocycles. The second-order valence-corrected chi connectivity index (χ2v) is 5.87. The summed E-state index contributed by atoms with van der Waals surface area (Å²) in [5.74, 6) is 0. The molecule has 0 fully saturated rings. The summed E-state index contributed by atoms with van der Waals surface area (Å²) in [6, 6.07) is 9.03. The van der Waals surface area contributed by atoms with Crippen molar-refractivity contribution < 1.29 is 0 Å². The van der Waals surface area contributed by atoms with Gasteiger partial charge in [0.2, 0.25) is 0 Å². The van der Waals surface area contributed by atoms with Crippen LogP contribution in [-0.2, 0) is 6.54 Å². The minimum Gasteiger partial charge on any atom is -0.310 e. The Balaban J connectivity index is 1.96. The van der Waals surface area contributed by atoms with Crippen LogP contribution in [0, 0.1) is 6.92 Å². The molecule has 0 saturated carbocycles. The lowest BCUT2D eigenvalue weighted by atomic mass is 10.2. The highest BCUT2D eigenvalue weighted by Crippen LogP contribution is 2.24. The summed E-state index contributed by atoms with van der Waals surface area (Å²) in [5, 5.41) is 4.20. The van der Waals surface area contributed by atoms with Gasteiger partial charge in [0.15, 0.2) is 5.16 Å². The van der Waals surface area contributed by atoms with Gasteiger partial charge < -0.3 is 5.32 Å². The Morgan fingerprint density at radius 1 is 1.11 bits per heavy atom. The molecular formula is C15H19N3S. The average Bonchev–Trinajstić information content (AvgIpc) is 2.40. The molecule has 0 spiro atoms. The van der Waals surface area contributed by atoms with E-state index in [-0.39, 0.29) is 0 Å². The zero-order valence-corrected chi connectivity index (χ0v) is 12.4. The molecule has 0 aliphatic carbocycles. The topological polar surface area (TPSA) is 37.8 Å². The maximum atomic E-state index is 4.30. The molecule has 1 N–H and O–H groups in total. The van der Waals surface area contributed by atoms with Crippen LogP contribution in [0.2, 0.25) is 0 Å². The van der Waals surface area contributed by atoms with Gasteiger partial charge in [-0.15, -0.1) is 0 Å². The van der Waals surface area contributed by atoms with Crippen molar-refractivity contribution in [3.05, 3.63) is 47.8 Å². The zero-order chi connectivity index (χ0) is 13.7. The van der Waals surface area contributed by atoms with E-state index in [0.717, 1.165) is 22.2 Å². The lowest BCUT2D eigenvalue weighted by Crippen LogP contribution is -2.21. The minimum atomic E-state index is 0.509. The monoisotopic (exact) mass is 273 g/mol. The fraction of sp³-hybridized carbons (Fsp3) is 0.333. The first-order valence-corrected chi connectivity index (χ1v) is 7.24. The van der Waals surface area contributed by atoms with E-state index in [4.69, 9.17) is 0 Å². The fourth-order valence-electron chi connectivity index (χ4n) is 1.54. The first kappa shape index (κ1) is 14.0. The van der Waals surface area contributed by atoms with Gasteiger partial charge in [-0.3, -0.25) is 0 Å². The van der Waals surface area contributed by atoms with Gasteiger partial charge in [-0.2, -0.15) is 0 Å². The van der Waals surface area contributed by atoms with E-state index in [0.29, 0.717) is 6.04 Å². The Morgan fingerprint density at radius 3 is 2.32 bits per heavy atom. The molecule has 100 valence electrons. The third-order valence-electron chi connectivity index (χ3n) is 2.60. The second kappa shape index (κ2) is 6.68. The normalized spacial score (nSPS) is 10.9. The van der Waals surface area contributed by atoms with Crippen molar-refractivity contribution in [3.63, 3.8) is 0 Å². The fourth-order valence-corrected chi connectivity index (χ4v) is 2.23. The number of hydrogen-bond acceptors (Lipinski definition) is 4. The number of nitrogens with zero attached hydrogens (tertiary/aromatic N) is 2. The molecule has 0 atom stereocenters. The number of nitrogens with one attached hydrogen (secondary N) is 1. The molecule has 0 amide bonds. The second-order valence-electron chi connectivity index (χ2n) is 4.82. The van der Waals surface area contributed by atoms with Crippen LogP contribution in [0.4, 0.5) is 0 Å². The largest absolute Gasteiger partial charge is 0.310 e. The zero-order valence-electron chi connectivity index (χ0n) is 11.6. The number of benzene rings is 1. The summed E-state index contributed by atoms with van der Waals surface area (Å²) in [4.78, 5) is 9.75. The van der Waals surface area contributed by atoms with Crippen LogP contribution >= 0.6 is 11.8 Å². The van der Waals surface area contributed by atoms with Crippen molar-refractivity contribution in [1.29, 1.82) is 0 Å². The van der Waals surface area contributed by atoms with Crippen LogP contribution in [0.1, 0.15) is 25.0 Å². The van der Waals surface area contributed by atoms with Gasteiger partial charge in [0, 0.05) is 29.9 Å². The van der Waals surface area contributed by atoms with Crippen LogP contribution < -0.4 is 5.32 Å². The molecular weight excluding hydrogens is 254 g/mol. The van der Waals surface area contributed by atoms with Gasteiger partial charge in [-0.25, -0.2) is 9.97 Å². The molecule has 0 saturated heterocycles. The predicted octanol–water partition coefficient (Wildman–Crippen LogP) is 3.43. The highest BCUT2D eigenvalue weighted by atomic mass is 32.2. The molecule has 0 radical (unpaired) electrons. The summed E-state index contributed by atoms with van der Waals surface area (Å²) in [6.07, 6.45) is 3.69. The molecule has 2 rings (SSSR count). The lowest BCUT2D eigenvalue weighted by molar-refractivity contribution is 0.588. The quantitative estimate of drug-likeness (QED) is 0.847. The third-order valence-corrected chi connectivity index (χ3v) is 3.51. The van der Waals surface area contributed by atoms with Gasteiger partial charge >= 0.3 is 0 Å². The summed E-state index contributed by atoms with van der Waals surface area (Å²) >= 11 is 1.59. The van der Waals surface area contributed by atoms with Gasteiger partial charge in [-0.1, -0.05) is 26.0 Å². The molecule has 1 heterocycles. The van der Waals surface area contributed by atoms with E-state index in [1.165, 1.54) is 5.56 Å².